The van der Waals surface area contributed by atoms with Crippen molar-refractivity contribution >= 4 is 11.9 Å². The second kappa shape index (κ2) is 7.08. The van der Waals surface area contributed by atoms with E-state index in [1.54, 1.807) is 31.2 Å². The minimum Gasteiger partial charge on any atom is -0.494 e. The van der Waals surface area contributed by atoms with Gasteiger partial charge in [-0.05, 0) is 43.7 Å². The molecule has 27 heavy (non-hydrogen) atoms. The highest BCUT2D eigenvalue weighted by Gasteiger charge is 2.49. The van der Waals surface area contributed by atoms with Gasteiger partial charge in [-0.15, -0.1) is 0 Å². The average molecular weight is 367 g/mol. The number of nitrogens with one attached hydrogen (secondary N) is 1. The molecule has 3 rings (SSSR count). The highest BCUT2D eigenvalue weighted by atomic mass is 19.1. The molecule has 0 unspecified atom stereocenters. The Hall–Kier alpha value is -3.40. The SMILES string of the molecule is CCOc1ccc([C@@]2(C)NC(=O)N(Cc3ccc(C#N)cc3F)C2=O)cc1. The third-order valence-electron chi connectivity index (χ3n) is 4.53. The molecule has 1 aliphatic rings. The number of urea groups is 1. The number of hydrogen-bond donors (Lipinski definition) is 1. The lowest BCUT2D eigenvalue weighted by Crippen LogP contribution is -2.40. The standard InChI is InChI=1S/C20H18FN3O3/c1-3-27-16-8-6-15(7-9-16)20(2)18(25)24(19(26)23-20)12-14-5-4-13(11-22)10-17(14)21/h4-10H,3,12H2,1-2H3,(H,23,26)/t20-/m1/s1. The van der Waals surface area contributed by atoms with Crippen molar-refractivity contribution in [1.29, 1.82) is 5.26 Å². The van der Waals surface area contributed by atoms with Crippen LogP contribution in [0.15, 0.2) is 42.5 Å². The fourth-order valence-electron chi connectivity index (χ4n) is 3.00. The first-order valence-corrected chi connectivity index (χ1v) is 8.45. The number of nitrogens with zero attached hydrogens (tertiary/aromatic N) is 2. The van der Waals surface area contributed by atoms with Gasteiger partial charge >= 0.3 is 6.03 Å². The number of halogens is 1. The first kappa shape index (κ1) is 18.4. The molecule has 1 N–H and O–H groups in total. The predicted molar refractivity (Wildman–Crippen MR) is 95.2 cm³/mol. The summed E-state index contributed by atoms with van der Waals surface area (Å²) in [6, 6.07) is 12.1. The molecule has 2 aromatic carbocycles. The van der Waals surface area contributed by atoms with Crippen molar-refractivity contribution in [2.24, 2.45) is 0 Å². The maximum atomic E-state index is 14.1. The second-order valence-corrected chi connectivity index (χ2v) is 6.32. The summed E-state index contributed by atoms with van der Waals surface area (Å²) in [4.78, 5) is 26.3. The monoisotopic (exact) mass is 367 g/mol. The van der Waals surface area contributed by atoms with Gasteiger partial charge in [-0.3, -0.25) is 9.69 Å². The summed E-state index contributed by atoms with van der Waals surface area (Å²) in [6.07, 6.45) is 0. The van der Waals surface area contributed by atoms with Crippen molar-refractivity contribution in [1.82, 2.24) is 10.2 Å². The van der Waals surface area contributed by atoms with E-state index < -0.39 is 23.3 Å². The summed E-state index contributed by atoms with van der Waals surface area (Å²) in [7, 11) is 0. The van der Waals surface area contributed by atoms with Crippen molar-refractivity contribution in [3.8, 4) is 11.8 Å². The maximum absolute atomic E-state index is 14.1. The van der Waals surface area contributed by atoms with Gasteiger partial charge < -0.3 is 10.1 Å². The van der Waals surface area contributed by atoms with Crippen LogP contribution in [0.1, 0.15) is 30.5 Å². The van der Waals surface area contributed by atoms with Gasteiger partial charge in [0.2, 0.25) is 0 Å². The fourth-order valence-corrected chi connectivity index (χ4v) is 3.00. The van der Waals surface area contributed by atoms with Gasteiger partial charge in [0, 0.05) is 5.56 Å². The summed E-state index contributed by atoms with van der Waals surface area (Å²) in [5, 5.41) is 11.5. The smallest absolute Gasteiger partial charge is 0.325 e. The molecular formula is C20H18FN3O3. The number of benzene rings is 2. The van der Waals surface area contributed by atoms with Crippen LogP contribution in [0.5, 0.6) is 5.75 Å². The normalized spacial score (nSPS) is 19.0. The first-order chi connectivity index (χ1) is 12.9. The lowest BCUT2D eigenvalue weighted by molar-refractivity contribution is -0.131. The van der Waals surface area contributed by atoms with Crippen LogP contribution in [0.4, 0.5) is 9.18 Å². The Labute approximate surface area is 156 Å². The largest absolute Gasteiger partial charge is 0.494 e. The lowest BCUT2D eigenvalue weighted by Gasteiger charge is -2.22. The topological polar surface area (TPSA) is 82.4 Å². The molecule has 1 saturated heterocycles. The maximum Gasteiger partial charge on any atom is 0.325 e. The number of nitriles is 1. The van der Waals surface area contributed by atoms with Crippen LogP contribution in [0, 0.1) is 17.1 Å². The van der Waals surface area contributed by atoms with Gasteiger partial charge in [0.25, 0.3) is 5.91 Å². The highest BCUT2D eigenvalue weighted by Crippen LogP contribution is 2.31. The van der Waals surface area contributed by atoms with E-state index in [1.165, 1.54) is 12.1 Å². The second-order valence-electron chi connectivity index (χ2n) is 6.32. The molecule has 0 bridgehead atoms. The predicted octanol–water partition coefficient (Wildman–Crippen LogP) is 3.06. The number of rotatable bonds is 5. The molecule has 1 heterocycles. The Morgan fingerprint density at radius 2 is 1.93 bits per heavy atom. The van der Waals surface area contributed by atoms with E-state index in [1.807, 2.05) is 13.0 Å². The molecule has 1 atom stereocenters. The number of carbonyl (C=O) groups excluding carboxylic acids is 2. The molecule has 2 aromatic rings. The van der Waals surface area contributed by atoms with Gasteiger partial charge in [0.05, 0.1) is 24.8 Å². The molecule has 1 aliphatic heterocycles. The van der Waals surface area contributed by atoms with Crippen molar-refractivity contribution < 1.29 is 18.7 Å². The molecule has 0 saturated carbocycles. The molecule has 0 aromatic heterocycles. The number of imide groups is 1. The van der Waals surface area contributed by atoms with Crippen molar-refractivity contribution in [3.63, 3.8) is 0 Å². The third-order valence-corrected chi connectivity index (χ3v) is 4.53. The average Bonchev–Trinajstić information content (AvgIpc) is 2.88. The minimum atomic E-state index is -1.25. The molecule has 7 heteroatoms. The van der Waals surface area contributed by atoms with E-state index in [0.717, 1.165) is 11.0 Å². The van der Waals surface area contributed by atoms with E-state index in [2.05, 4.69) is 5.32 Å². The molecule has 6 nitrogen and oxygen atoms in total. The van der Waals surface area contributed by atoms with Crippen LogP contribution >= 0.6 is 0 Å². The van der Waals surface area contributed by atoms with Gasteiger partial charge in [-0.2, -0.15) is 5.26 Å². The van der Waals surface area contributed by atoms with Gasteiger partial charge in [-0.25, -0.2) is 9.18 Å². The minimum absolute atomic E-state index is 0.161. The quantitative estimate of drug-likeness (QED) is 0.824. The molecule has 138 valence electrons. The zero-order valence-corrected chi connectivity index (χ0v) is 15.0. The Morgan fingerprint density at radius 3 is 2.52 bits per heavy atom. The van der Waals surface area contributed by atoms with Crippen LogP contribution in [0.25, 0.3) is 0 Å². The summed E-state index contributed by atoms with van der Waals surface area (Å²) in [5.41, 5.74) is -0.307. The molecular weight excluding hydrogens is 349 g/mol. The van der Waals surface area contributed by atoms with Gasteiger partial charge in [-0.1, -0.05) is 18.2 Å². The molecule has 3 amide bonds. The Bertz CT molecular complexity index is 936. The number of carbonyl (C=O) groups is 2. The number of amides is 3. The highest BCUT2D eigenvalue weighted by molar-refractivity contribution is 6.07. The summed E-state index contributed by atoms with van der Waals surface area (Å²) in [6.45, 7) is 3.79. The zero-order chi connectivity index (χ0) is 19.6. The van der Waals surface area contributed by atoms with Crippen molar-refractivity contribution in [2.75, 3.05) is 6.61 Å². The van der Waals surface area contributed by atoms with Gasteiger partial charge in [0.1, 0.15) is 17.1 Å². The Kier molecular flexibility index (Phi) is 4.82. The van der Waals surface area contributed by atoms with E-state index in [0.29, 0.717) is 17.9 Å². The van der Waals surface area contributed by atoms with E-state index in [4.69, 9.17) is 10.00 Å². The zero-order valence-electron chi connectivity index (χ0n) is 15.0. The van der Waals surface area contributed by atoms with Gasteiger partial charge in [0.15, 0.2) is 0 Å². The van der Waals surface area contributed by atoms with Crippen LogP contribution in [0.3, 0.4) is 0 Å². The Balaban J connectivity index is 1.85. The molecule has 0 aliphatic carbocycles. The lowest BCUT2D eigenvalue weighted by atomic mass is 9.92. The van der Waals surface area contributed by atoms with E-state index >= 15 is 0 Å². The van der Waals surface area contributed by atoms with Crippen molar-refractivity contribution in [2.45, 2.75) is 25.9 Å². The third kappa shape index (κ3) is 3.34. The van der Waals surface area contributed by atoms with Crippen LogP contribution in [-0.2, 0) is 16.9 Å². The molecule has 1 fully saturated rings. The molecule has 0 spiro atoms. The summed E-state index contributed by atoms with van der Waals surface area (Å²) < 4.78 is 19.5. The summed E-state index contributed by atoms with van der Waals surface area (Å²) >= 11 is 0. The van der Waals surface area contributed by atoms with Crippen molar-refractivity contribution in [3.05, 3.63) is 65.0 Å². The number of hydrogen-bond acceptors (Lipinski definition) is 4. The van der Waals surface area contributed by atoms with Crippen LogP contribution in [0.2, 0.25) is 0 Å². The van der Waals surface area contributed by atoms with E-state index in [-0.39, 0.29) is 17.7 Å². The fraction of sp³-hybridized carbons (Fsp3) is 0.250. The number of ether oxygens (including phenoxy) is 1. The van der Waals surface area contributed by atoms with Crippen LogP contribution < -0.4 is 10.1 Å². The molecule has 0 radical (unpaired) electrons. The first-order valence-electron chi connectivity index (χ1n) is 8.45. The van der Waals surface area contributed by atoms with E-state index in [9.17, 15) is 14.0 Å². The Morgan fingerprint density at radius 1 is 1.22 bits per heavy atom. The summed E-state index contributed by atoms with van der Waals surface area (Å²) in [5.74, 6) is -0.442. The van der Waals surface area contributed by atoms with Crippen LogP contribution in [-0.4, -0.2) is 23.4 Å².